The molecule has 0 saturated carbocycles. The van der Waals surface area contributed by atoms with E-state index < -0.39 is 10.1 Å². The van der Waals surface area contributed by atoms with Crippen molar-refractivity contribution >= 4 is 31.5 Å². The molecule has 0 aliphatic heterocycles. The first-order valence-electron chi connectivity index (χ1n) is 7.47. The smallest absolute Gasteiger partial charge is 0.266 e. The number of hydrogen-bond donors (Lipinski definition) is 0. The number of benzene rings is 2. The summed E-state index contributed by atoms with van der Waals surface area (Å²) in [6, 6.07) is 15.0. The van der Waals surface area contributed by atoms with E-state index in [1.807, 2.05) is 19.1 Å². The van der Waals surface area contributed by atoms with Crippen LogP contribution in [0.25, 0.3) is 10.1 Å². The van der Waals surface area contributed by atoms with Crippen molar-refractivity contribution in [1.82, 2.24) is 0 Å². The van der Waals surface area contributed by atoms with Crippen LogP contribution in [0.4, 0.5) is 0 Å². The maximum atomic E-state index is 12.1. The Bertz CT molecular complexity index is 893. The number of rotatable bonds is 6. The Hall–Kier alpha value is -1.69. The van der Waals surface area contributed by atoms with Gasteiger partial charge < -0.3 is 0 Å². The molecule has 0 N–H and O–H groups in total. The lowest BCUT2D eigenvalue weighted by Crippen LogP contribution is -2.08. The van der Waals surface area contributed by atoms with Gasteiger partial charge in [0.2, 0.25) is 0 Å². The van der Waals surface area contributed by atoms with Crippen LogP contribution in [0.2, 0.25) is 0 Å². The molecule has 3 rings (SSSR count). The van der Waals surface area contributed by atoms with Crippen LogP contribution in [0, 0.1) is 6.92 Å². The van der Waals surface area contributed by atoms with Gasteiger partial charge in [-0.25, -0.2) is 0 Å². The fraction of sp³-hybridized carbons (Fsp3) is 0.222. The van der Waals surface area contributed by atoms with E-state index in [0.29, 0.717) is 6.42 Å². The van der Waals surface area contributed by atoms with E-state index in [4.69, 9.17) is 4.18 Å². The van der Waals surface area contributed by atoms with E-state index in [1.54, 1.807) is 35.6 Å². The molecule has 23 heavy (non-hydrogen) atoms. The Balaban J connectivity index is 1.58. The molecular weight excluding hydrogens is 328 g/mol. The van der Waals surface area contributed by atoms with Crippen LogP contribution in [0.15, 0.2) is 58.8 Å². The predicted molar refractivity (Wildman–Crippen MR) is 94.5 cm³/mol. The minimum absolute atomic E-state index is 0.195. The molecule has 0 bridgehead atoms. The van der Waals surface area contributed by atoms with Crippen LogP contribution in [0.1, 0.15) is 17.5 Å². The minimum Gasteiger partial charge on any atom is -0.266 e. The summed E-state index contributed by atoms with van der Waals surface area (Å²) in [4.78, 5) is 0.212. The van der Waals surface area contributed by atoms with Crippen LogP contribution in [0.5, 0.6) is 0 Å². The molecular formula is C18H18O3S2. The fourth-order valence-electron chi connectivity index (χ4n) is 2.43. The molecule has 0 atom stereocenters. The number of aryl methyl sites for hydroxylation is 2. The van der Waals surface area contributed by atoms with E-state index in [0.717, 1.165) is 12.0 Å². The fourth-order valence-corrected chi connectivity index (χ4v) is 4.37. The Labute approximate surface area is 140 Å². The lowest BCUT2D eigenvalue weighted by molar-refractivity contribution is 0.312. The second kappa shape index (κ2) is 6.83. The highest BCUT2D eigenvalue weighted by atomic mass is 32.2. The highest BCUT2D eigenvalue weighted by Crippen LogP contribution is 2.26. The zero-order valence-electron chi connectivity index (χ0n) is 12.9. The molecule has 0 unspecified atom stereocenters. The standard InChI is InChI=1S/C18H18O3S2/c1-14-8-10-16(11-9-14)23(19,20)21-12-4-5-15-13-22-18-7-3-2-6-17(15)18/h2-3,6-11,13H,4-5,12H2,1H3. The molecule has 3 nitrogen and oxygen atoms in total. The minimum atomic E-state index is -3.66. The Kier molecular flexibility index (Phi) is 4.80. The summed E-state index contributed by atoms with van der Waals surface area (Å²) in [7, 11) is -3.66. The molecule has 120 valence electrons. The second-order valence-electron chi connectivity index (χ2n) is 5.45. The first kappa shape index (κ1) is 16.2. The highest BCUT2D eigenvalue weighted by molar-refractivity contribution is 7.86. The average molecular weight is 346 g/mol. The SMILES string of the molecule is Cc1ccc(S(=O)(=O)OCCCc2csc3ccccc23)cc1. The van der Waals surface area contributed by atoms with Gasteiger partial charge in [-0.15, -0.1) is 11.3 Å². The summed E-state index contributed by atoms with van der Waals surface area (Å²) in [5.74, 6) is 0. The summed E-state index contributed by atoms with van der Waals surface area (Å²) >= 11 is 1.72. The second-order valence-corrected chi connectivity index (χ2v) is 7.98. The number of hydrogen-bond acceptors (Lipinski definition) is 4. The Morgan fingerprint density at radius 3 is 2.57 bits per heavy atom. The number of fused-ring (bicyclic) bond motifs is 1. The number of thiophene rings is 1. The highest BCUT2D eigenvalue weighted by Gasteiger charge is 2.14. The van der Waals surface area contributed by atoms with E-state index in [2.05, 4.69) is 17.5 Å². The summed E-state index contributed by atoms with van der Waals surface area (Å²) in [6.45, 7) is 2.11. The molecule has 2 aromatic carbocycles. The van der Waals surface area contributed by atoms with Gasteiger partial charge in [-0.05, 0) is 54.3 Å². The van der Waals surface area contributed by atoms with Crippen molar-refractivity contribution in [3.8, 4) is 0 Å². The Morgan fingerprint density at radius 1 is 1.04 bits per heavy atom. The molecule has 1 heterocycles. The third-order valence-corrected chi connectivity index (χ3v) is 6.04. The molecule has 0 aliphatic carbocycles. The topological polar surface area (TPSA) is 43.4 Å². The molecule has 0 radical (unpaired) electrons. The van der Waals surface area contributed by atoms with E-state index in [1.165, 1.54) is 15.6 Å². The molecule has 0 fully saturated rings. The molecule has 0 saturated heterocycles. The summed E-state index contributed by atoms with van der Waals surface area (Å²) in [6.07, 6.45) is 1.49. The predicted octanol–water partition coefficient (Wildman–Crippen LogP) is 4.55. The van der Waals surface area contributed by atoms with Crippen LogP contribution in [0.3, 0.4) is 0 Å². The van der Waals surface area contributed by atoms with Gasteiger partial charge in [0.25, 0.3) is 10.1 Å². The van der Waals surface area contributed by atoms with Crippen molar-refractivity contribution in [3.05, 3.63) is 65.0 Å². The van der Waals surface area contributed by atoms with Crippen molar-refractivity contribution in [1.29, 1.82) is 0 Å². The monoisotopic (exact) mass is 346 g/mol. The third kappa shape index (κ3) is 3.80. The van der Waals surface area contributed by atoms with Crippen molar-refractivity contribution in [2.45, 2.75) is 24.7 Å². The van der Waals surface area contributed by atoms with E-state index in [-0.39, 0.29) is 11.5 Å². The molecule has 5 heteroatoms. The summed E-state index contributed by atoms with van der Waals surface area (Å²) in [5, 5.41) is 3.39. The van der Waals surface area contributed by atoms with Crippen LogP contribution < -0.4 is 0 Å². The molecule has 3 aromatic rings. The Morgan fingerprint density at radius 2 is 1.78 bits per heavy atom. The van der Waals surface area contributed by atoms with Gasteiger partial charge in [0.15, 0.2) is 0 Å². The average Bonchev–Trinajstić information content (AvgIpc) is 2.95. The van der Waals surface area contributed by atoms with E-state index in [9.17, 15) is 8.42 Å². The lowest BCUT2D eigenvalue weighted by atomic mass is 10.1. The molecule has 0 aliphatic rings. The van der Waals surface area contributed by atoms with Gasteiger partial charge in [0.05, 0.1) is 11.5 Å². The largest absolute Gasteiger partial charge is 0.296 e. The zero-order chi connectivity index (χ0) is 16.3. The van der Waals surface area contributed by atoms with Crippen molar-refractivity contribution < 1.29 is 12.6 Å². The first-order valence-corrected chi connectivity index (χ1v) is 9.76. The van der Waals surface area contributed by atoms with Crippen molar-refractivity contribution in [3.63, 3.8) is 0 Å². The maximum absolute atomic E-state index is 12.1. The lowest BCUT2D eigenvalue weighted by Gasteiger charge is -2.06. The summed E-state index contributed by atoms with van der Waals surface area (Å²) in [5.41, 5.74) is 2.27. The van der Waals surface area contributed by atoms with Gasteiger partial charge in [-0.2, -0.15) is 8.42 Å². The van der Waals surface area contributed by atoms with Gasteiger partial charge >= 0.3 is 0 Å². The summed E-state index contributed by atoms with van der Waals surface area (Å²) < 4.78 is 30.6. The molecule has 0 amide bonds. The zero-order valence-corrected chi connectivity index (χ0v) is 14.5. The normalized spacial score (nSPS) is 11.9. The first-order chi connectivity index (χ1) is 11.1. The maximum Gasteiger partial charge on any atom is 0.296 e. The van der Waals surface area contributed by atoms with Crippen molar-refractivity contribution in [2.75, 3.05) is 6.61 Å². The van der Waals surface area contributed by atoms with Gasteiger partial charge in [0.1, 0.15) is 0 Å². The quantitative estimate of drug-likeness (QED) is 0.486. The molecule has 0 spiro atoms. The van der Waals surface area contributed by atoms with Crippen molar-refractivity contribution in [2.24, 2.45) is 0 Å². The van der Waals surface area contributed by atoms with Crippen LogP contribution >= 0.6 is 11.3 Å². The van der Waals surface area contributed by atoms with Gasteiger partial charge in [-0.1, -0.05) is 35.9 Å². The third-order valence-electron chi connectivity index (χ3n) is 3.70. The van der Waals surface area contributed by atoms with Gasteiger partial charge in [0, 0.05) is 4.70 Å². The van der Waals surface area contributed by atoms with E-state index >= 15 is 0 Å². The van der Waals surface area contributed by atoms with Crippen LogP contribution in [-0.4, -0.2) is 15.0 Å². The van der Waals surface area contributed by atoms with Gasteiger partial charge in [-0.3, -0.25) is 4.18 Å². The molecule has 1 aromatic heterocycles. The van der Waals surface area contributed by atoms with Crippen LogP contribution in [-0.2, 0) is 20.7 Å².